The van der Waals surface area contributed by atoms with Crippen LogP contribution in [0.3, 0.4) is 0 Å². The molecule has 1 heterocycles. The molecule has 3 N–H and O–H groups in total. The molecule has 0 spiro atoms. The first-order valence-corrected chi connectivity index (χ1v) is 8.54. The third kappa shape index (κ3) is 5.25. The van der Waals surface area contributed by atoms with Crippen LogP contribution in [0.25, 0.3) is 10.9 Å². The van der Waals surface area contributed by atoms with Crippen LogP contribution in [0, 0.1) is 0 Å². The van der Waals surface area contributed by atoms with Crippen LogP contribution in [-0.2, 0) is 32.6 Å². The minimum atomic E-state index is 0. The molecular weight excluding hydrogens is 431 g/mol. The predicted molar refractivity (Wildman–Crippen MR) is 106 cm³/mol. The van der Waals surface area contributed by atoms with E-state index in [0.717, 1.165) is 23.1 Å². The van der Waals surface area contributed by atoms with E-state index in [4.69, 9.17) is 17.3 Å². The smallest absolute Gasteiger partial charge is 0.392 e. The van der Waals surface area contributed by atoms with Crippen LogP contribution in [0.2, 0.25) is 5.02 Å². The zero-order valence-electron chi connectivity index (χ0n) is 14.2. The summed E-state index contributed by atoms with van der Waals surface area (Å²) in [5, 5.41) is 5.21. The second-order valence-electron chi connectivity index (χ2n) is 5.62. The van der Waals surface area contributed by atoms with Gasteiger partial charge in [0.25, 0.3) is 0 Å². The van der Waals surface area contributed by atoms with Gasteiger partial charge >= 0.3 is 19.5 Å². The minimum Gasteiger partial charge on any atom is -0.392 e. The van der Waals surface area contributed by atoms with E-state index in [9.17, 15) is 0 Å². The Balaban J connectivity index is 0.000000351. The van der Waals surface area contributed by atoms with Crippen molar-refractivity contribution < 1.29 is 19.5 Å². The summed E-state index contributed by atoms with van der Waals surface area (Å²) >= 11 is 5.99. The Kier molecular flexibility index (Phi) is 7.99. The van der Waals surface area contributed by atoms with Crippen molar-refractivity contribution in [2.45, 2.75) is 13.1 Å². The number of aromatic nitrogens is 1. The summed E-state index contributed by atoms with van der Waals surface area (Å²) in [6.45, 7) is 1.32. The molecule has 1 aromatic heterocycles. The van der Waals surface area contributed by atoms with Gasteiger partial charge in [-0.15, -0.1) is 5.56 Å². The average Bonchev–Trinajstić information content (AvgIpc) is 3.33. The Morgan fingerprint density at radius 3 is 2.62 bits per heavy atom. The largest absolute Gasteiger partial charge is 2.00 e. The maximum absolute atomic E-state index is 5.99. The number of fused-ring (bicyclic) bond motifs is 1. The molecular formula is C21H20ClN3Ru. The van der Waals surface area contributed by atoms with E-state index in [-0.39, 0.29) is 19.5 Å². The summed E-state index contributed by atoms with van der Waals surface area (Å²) in [5.74, 6) is 0. The van der Waals surface area contributed by atoms with Crippen LogP contribution in [0.1, 0.15) is 11.1 Å². The van der Waals surface area contributed by atoms with Gasteiger partial charge in [-0.25, -0.2) is 24.3 Å². The monoisotopic (exact) mass is 451 g/mol. The van der Waals surface area contributed by atoms with Crippen LogP contribution >= 0.6 is 11.6 Å². The van der Waals surface area contributed by atoms with Gasteiger partial charge in [-0.2, -0.15) is 29.8 Å². The average molecular weight is 451 g/mol. The minimum absolute atomic E-state index is 0. The maximum atomic E-state index is 5.99. The number of hydrogen-bond donors (Lipinski definition) is 2. The van der Waals surface area contributed by atoms with Crippen molar-refractivity contribution >= 4 is 28.2 Å². The maximum Gasteiger partial charge on any atom is 2.00 e. The van der Waals surface area contributed by atoms with Gasteiger partial charge in [-0.05, 0) is 37.4 Å². The quantitative estimate of drug-likeness (QED) is 0.336. The summed E-state index contributed by atoms with van der Waals surface area (Å²) in [4.78, 5) is 4.34. The molecule has 5 heteroatoms. The Morgan fingerprint density at radius 1 is 1.12 bits per heavy atom. The number of benzene rings is 1. The standard InChI is InChI=1S/C16H15ClN3.C5H5.Ru/c17-13-4-5-14-15(6-7-19-16(14)8-13)20-10-12-3-1-2-11(12)9-18;1-2-4-5-3-1;/h1-8H,9-10,18H2,(H,19,20);1-5H;/q2*-1;+2. The number of nitrogens with zero attached hydrogens (tertiary/aromatic N) is 1. The molecule has 0 amide bonds. The van der Waals surface area contributed by atoms with Crippen LogP contribution in [-0.4, -0.2) is 4.98 Å². The number of nitrogens with one attached hydrogen (secondary N) is 1. The van der Waals surface area contributed by atoms with Crippen molar-refractivity contribution in [2.24, 2.45) is 5.73 Å². The van der Waals surface area contributed by atoms with Crippen molar-refractivity contribution in [2.75, 3.05) is 5.32 Å². The van der Waals surface area contributed by atoms with Gasteiger partial charge in [0.1, 0.15) is 0 Å². The molecule has 0 bridgehead atoms. The van der Waals surface area contributed by atoms with E-state index in [0.29, 0.717) is 11.6 Å². The second kappa shape index (κ2) is 10.2. The van der Waals surface area contributed by atoms with Crippen LogP contribution in [0.15, 0.2) is 79.0 Å². The molecule has 0 saturated heterocycles. The summed E-state index contributed by atoms with van der Waals surface area (Å²) in [6.07, 6.45) is 1.79. The molecule has 0 unspecified atom stereocenters. The van der Waals surface area contributed by atoms with Crippen LogP contribution < -0.4 is 11.1 Å². The van der Waals surface area contributed by atoms with E-state index in [2.05, 4.69) is 22.4 Å². The van der Waals surface area contributed by atoms with Gasteiger partial charge in [0, 0.05) is 22.3 Å². The summed E-state index contributed by atoms with van der Waals surface area (Å²) in [5.41, 5.74) is 10.1. The molecule has 0 aliphatic carbocycles. The van der Waals surface area contributed by atoms with Crippen molar-refractivity contribution in [3.8, 4) is 0 Å². The Labute approximate surface area is 171 Å². The first-order valence-electron chi connectivity index (χ1n) is 8.16. The second-order valence-corrected chi connectivity index (χ2v) is 6.05. The Bertz CT molecular complexity index is 899. The summed E-state index contributed by atoms with van der Waals surface area (Å²) < 4.78 is 0. The number of hydrogen-bond acceptors (Lipinski definition) is 3. The number of rotatable bonds is 4. The molecule has 4 aromatic rings. The van der Waals surface area contributed by atoms with E-state index in [1.807, 2.05) is 60.7 Å². The molecule has 0 aliphatic rings. The van der Waals surface area contributed by atoms with Gasteiger partial charge in [0.2, 0.25) is 0 Å². The SMILES string of the molecule is NCc1ccc[c-]1CNc1ccnc2cc(Cl)ccc12.[Ru+2].c1cc[cH-]c1. The molecule has 4 rings (SSSR count). The van der Waals surface area contributed by atoms with Crippen LogP contribution in [0.5, 0.6) is 0 Å². The van der Waals surface area contributed by atoms with Crippen molar-refractivity contribution in [1.82, 2.24) is 4.98 Å². The van der Waals surface area contributed by atoms with E-state index in [1.165, 1.54) is 11.1 Å². The molecule has 0 aliphatic heterocycles. The van der Waals surface area contributed by atoms with Gasteiger partial charge in [0.05, 0.1) is 5.52 Å². The fraction of sp³-hybridized carbons (Fsp3) is 0.0952. The normalized spacial score (nSPS) is 9.92. The zero-order valence-corrected chi connectivity index (χ0v) is 16.7. The van der Waals surface area contributed by atoms with Crippen molar-refractivity contribution in [3.63, 3.8) is 0 Å². The van der Waals surface area contributed by atoms with Crippen molar-refractivity contribution in [1.29, 1.82) is 0 Å². The molecule has 134 valence electrons. The molecule has 0 radical (unpaired) electrons. The molecule has 0 atom stereocenters. The van der Waals surface area contributed by atoms with E-state index >= 15 is 0 Å². The van der Waals surface area contributed by atoms with Crippen LogP contribution in [0.4, 0.5) is 5.69 Å². The third-order valence-corrected chi connectivity index (χ3v) is 4.19. The van der Waals surface area contributed by atoms with Gasteiger partial charge in [-0.3, -0.25) is 4.98 Å². The van der Waals surface area contributed by atoms with Gasteiger partial charge in [0.15, 0.2) is 0 Å². The summed E-state index contributed by atoms with van der Waals surface area (Å²) in [6, 6.07) is 23.9. The fourth-order valence-corrected chi connectivity index (χ4v) is 2.82. The number of pyridine rings is 1. The molecule has 0 fully saturated rings. The first kappa shape index (κ1) is 20.3. The zero-order chi connectivity index (χ0) is 17.5. The molecule has 26 heavy (non-hydrogen) atoms. The van der Waals surface area contributed by atoms with E-state index < -0.39 is 0 Å². The predicted octanol–water partition coefficient (Wildman–Crippen LogP) is 5.08. The van der Waals surface area contributed by atoms with Gasteiger partial charge < -0.3 is 11.1 Å². The van der Waals surface area contributed by atoms with Gasteiger partial charge in [-0.1, -0.05) is 11.6 Å². The molecule has 3 aromatic carbocycles. The Hall–Kier alpha value is -2.00. The molecule has 3 nitrogen and oxygen atoms in total. The van der Waals surface area contributed by atoms with Crippen molar-refractivity contribution in [3.05, 3.63) is 95.1 Å². The topological polar surface area (TPSA) is 50.9 Å². The number of halogens is 1. The fourth-order valence-electron chi connectivity index (χ4n) is 2.65. The summed E-state index contributed by atoms with van der Waals surface area (Å²) in [7, 11) is 0. The first-order chi connectivity index (χ1) is 12.3. The number of anilines is 1. The van der Waals surface area contributed by atoms with E-state index in [1.54, 1.807) is 6.20 Å². The Morgan fingerprint density at radius 2 is 1.92 bits per heavy atom. The number of nitrogens with two attached hydrogens (primary N) is 1. The molecule has 0 saturated carbocycles. The third-order valence-electron chi connectivity index (χ3n) is 3.96.